The smallest absolute Gasteiger partial charge is 0.237 e. The van der Waals surface area contributed by atoms with Crippen molar-refractivity contribution in [3.63, 3.8) is 0 Å². The molecule has 2 rings (SSSR count). The van der Waals surface area contributed by atoms with Crippen LogP contribution in [0.4, 0.5) is 0 Å². The highest BCUT2D eigenvalue weighted by Crippen LogP contribution is 2.19. The van der Waals surface area contributed by atoms with Crippen molar-refractivity contribution in [2.45, 2.75) is 51.1 Å². The molecular formula is C16H24N2O. The summed E-state index contributed by atoms with van der Waals surface area (Å²) >= 11 is 0. The Bertz CT molecular complexity index is 385. The van der Waals surface area contributed by atoms with Crippen molar-refractivity contribution >= 4 is 5.91 Å². The van der Waals surface area contributed by atoms with Crippen LogP contribution in [0.5, 0.6) is 0 Å². The fourth-order valence-electron chi connectivity index (χ4n) is 2.64. The van der Waals surface area contributed by atoms with Crippen LogP contribution < -0.4 is 10.6 Å². The molecule has 1 aliphatic heterocycles. The Labute approximate surface area is 115 Å². The molecule has 0 aliphatic carbocycles. The Morgan fingerprint density at radius 3 is 2.79 bits per heavy atom. The highest BCUT2D eigenvalue weighted by molar-refractivity contribution is 5.82. The van der Waals surface area contributed by atoms with Crippen molar-refractivity contribution < 1.29 is 4.79 Å². The van der Waals surface area contributed by atoms with Gasteiger partial charge in [0.1, 0.15) is 0 Å². The minimum absolute atomic E-state index is 0.00295. The van der Waals surface area contributed by atoms with Crippen LogP contribution in [0.1, 0.15) is 50.6 Å². The van der Waals surface area contributed by atoms with Crippen molar-refractivity contribution in [2.24, 2.45) is 0 Å². The molecule has 1 aliphatic rings. The van der Waals surface area contributed by atoms with Crippen molar-refractivity contribution in [3.8, 4) is 0 Å². The second kappa shape index (κ2) is 7.29. The number of hydrogen-bond acceptors (Lipinski definition) is 2. The van der Waals surface area contributed by atoms with Crippen molar-refractivity contribution in [1.82, 2.24) is 10.6 Å². The van der Waals surface area contributed by atoms with Gasteiger partial charge in [0.2, 0.25) is 5.91 Å². The third kappa shape index (κ3) is 4.06. The summed E-state index contributed by atoms with van der Waals surface area (Å²) in [6.45, 7) is 3.11. The zero-order valence-corrected chi connectivity index (χ0v) is 11.7. The zero-order valence-electron chi connectivity index (χ0n) is 11.7. The minimum Gasteiger partial charge on any atom is -0.348 e. The second-order valence-corrected chi connectivity index (χ2v) is 5.26. The molecule has 1 heterocycles. The van der Waals surface area contributed by atoms with Crippen LogP contribution in [0.2, 0.25) is 0 Å². The summed E-state index contributed by atoms with van der Waals surface area (Å²) in [5.74, 6) is 0.155. The van der Waals surface area contributed by atoms with Gasteiger partial charge in [0.25, 0.3) is 0 Å². The van der Waals surface area contributed by atoms with Gasteiger partial charge in [-0.1, -0.05) is 50.1 Å². The molecule has 2 N–H and O–H groups in total. The number of piperidine rings is 1. The van der Waals surface area contributed by atoms with E-state index in [1.54, 1.807) is 0 Å². The number of hydrogen-bond donors (Lipinski definition) is 2. The summed E-state index contributed by atoms with van der Waals surface area (Å²) in [6.07, 6.45) is 5.34. The molecule has 0 aromatic heterocycles. The Balaban J connectivity index is 1.98. The monoisotopic (exact) mass is 260 g/mol. The molecule has 104 valence electrons. The average Bonchev–Trinajstić information content (AvgIpc) is 2.48. The summed E-state index contributed by atoms with van der Waals surface area (Å²) in [6, 6.07) is 10.4. The molecule has 3 nitrogen and oxygen atoms in total. The second-order valence-electron chi connectivity index (χ2n) is 5.26. The van der Waals surface area contributed by atoms with E-state index in [4.69, 9.17) is 0 Å². The van der Waals surface area contributed by atoms with E-state index in [-0.39, 0.29) is 18.0 Å². The molecule has 19 heavy (non-hydrogen) atoms. The van der Waals surface area contributed by atoms with E-state index >= 15 is 0 Å². The van der Waals surface area contributed by atoms with Crippen LogP contribution in [0, 0.1) is 0 Å². The van der Waals surface area contributed by atoms with Gasteiger partial charge >= 0.3 is 0 Å². The number of nitrogens with one attached hydrogen (secondary N) is 2. The van der Waals surface area contributed by atoms with Gasteiger partial charge in [-0.25, -0.2) is 0 Å². The van der Waals surface area contributed by atoms with Crippen LogP contribution in [0.25, 0.3) is 0 Å². The molecule has 2 atom stereocenters. The van der Waals surface area contributed by atoms with Crippen LogP contribution in [-0.2, 0) is 4.79 Å². The lowest BCUT2D eigenvalue weighted by Gasteiger charge is -2.26. The maximum atomic E-state index is 12.3. The Morgan fingerprint density at radius 1 is 1.37 bits per heavy atom. The van der Waals surface area contributed by atoms with E-state index in [1.165, 1.54) is 12.0 Å². The summed E-state index contributed by atoms with van der Waals surface area (Å²) in [4.78, 5) is 12.3. The van der Waals surface area contributed by atoms with Crippen LogP contribution in [0.15, 0.2) is 30.3 Å². The number of benzene rings is 1. The van der Waals surface area contributed by atoms with Gasteiger partial charge < -0.3 is 10.6 Å². The molecule has 1 unspecified atom stereocenters. The van der Waals surface area contributed by atoms with E-state index in [0.29, 0.717) is 0 Å². The Morgan fingerprint density at radius 2 is 2.16 bits per heavy atom. The summed E-state index contributed by atoms with van der Waals surface area (Å²) in [5.41, 5.74) is 1.20. The number of carbonyl (C=O) groups is 1. The lowest BCUT2D eigenvalue weighted by Crippen LogP contribution is -2.47. The third-order valence-electron chi connectivity index (χ3n) is 3.72. The van der Waals surface area contributed by atoms with Crippen LogP contribution in [0.3, 0.4) is 0 Å². The SMILES string of the molecule is CCCC(NC(=O)[C@H]1CCCCN1)c1ccccc1. The van der Waals surface area contributed by atoms with Gasteiger partial charge in [0.05, 0.1) is 12.1 Å². The molecule has 0 radical (unpaired) electrons. The minimum atomic E-state index is -0.00295. The fourth-order valence-corrected chi connectivity index (χ4v) is 2.64. The van der Waals surface area contributed by atoms with E-state index in [2.05, 4.69) is 29.7 Å². The first-order valence-corrected chi connectivity index (χ1v) is 7.40. The standard InChI is InChI=1S/C16H24N2O/c1-2-8-14(13-9-4-3-5-10-13)18-16(19)15-11-6-7-12-17-15/h3-5,9-10,14-15,17H,2,6-8,11-12H2,1H3,(H,18,19)/t14?,15-/m1/s1. The summed E-state index contributed by atoms with van der Waals surface area (Å²) in [5, 5.41) is 6.51. The number of rotatable bonds is 5. The molecule has 0 spiro atoms. The molecule has 3 heteroatoms. The predicted molar refractivity (Wildman–Crippen MR) is 77.9 cm³/mol. The average molecular weight is 260 g/mol. The molecule has 1 fully saturated rings. The number of amides is 1. The van der Waals surface area contributed by atoms with Gasteiger partial charge in [0, 0.05) is 0 Å². The maximum Gasteiger partial charge on any atom is 0.237 e. The zero-order chi connectivity index (χ0) is 13.5. The van der Waals surface area contributed by atoms with Crippen LogP contribution in [-0.4, -0.2) is 18.5 Å². The van der Waals surface area contributed by atoms with Crippen molar-refractivity contribution in [1.29, 1.82) is 0 Å². The van der Waals surface area contributed by atoms with Crippen molar-refractivity contribution in [2.75, 3.05) is 6.54 Å². The summed E-state index contributed by atoms with van der Waals surface area (Å²) < 4.78 is 0. The lowest BCUT2D eigenvalue weighted by molar-refractivity contribution is -0.124. The predicted octanol–water partition coefficient (Wildman–Crippen LogP) is 2.79. The quantitative estimate of drug-likeness (QED) is 0.854. The number of carbonyl (C=O) groups excluding carboxylic acids is 1. The lowest BCUT2D eigenvalue weighted by atomic mass is 10.00. The van der Waals surface area contributed by atoms with E-state index in [9.17, 15) is 4.79 Å². The van der Waals surface area contributed by atoms with Gasteiger partial charge in [-0.3, -0.25) is 4.79 Å². The fraction of sp³-hybridized carbons (Fsp3) is 0.562. The van der Waals surface area contributed by atoms with Crippen molar-refractivity contribution in [3.05, 3.63) is 35.9 Å². The topological polar surface area (TPSA) is 41.1 Å². The van der Waals surface area contributed by atoms with Gasteiger partial charge in [-0.2, -0.15) is 0 Å². The molecular weight excluding hydrogens is 236 g/mol. The Kier molecular flexibility index (Phi) is 5.40. The van der Waals surface area contributed by atoms with Gasteiger partial charge in [-0.15, -0.1) is 0 Å². The molecule has 1 aromatic rings. The highest BCUT2D eigenvalue weighted by atomic mass is 16.2. The maximum absolute atomic E-state index is 12.3. The highest BCUT2D eigenvalue weighted by Gasteiger charge is 2.23. The van der Waals surface area contributed by atoms with E-state index in [0.717, 1.165) is 32.2 Å². The largest absolute Gasteiger partial charge is 0.348 e. The van der Waals surface area contributed by atoms with Crippen LogP contribution >= 0.6 is 0 Å². The van der Waals surface area contributed by atoms with E-state index < -0.39 is 0 Å². The Hall–Kier alpha value is -1.35. The van der Waals surface area contributed by atoms with Gasteiger partial charge in [-0.05, 0) is 31.4 Å². The first-order chi connectivity index (χ1) is 9.31. The molecule has 0 saturated carbocycles. The summed E-state index contributed by atoms with van der Waals surface area (Å²) in [7, 11) is 0. The molecule has 1 amide bonds. The van der Waals surface area contributed by atoms with E-state index in [1.807, 2.05) is 18.2 Å². The molecule has 0 bridgehead atoms. The molecule has 1 aromatic carbocycles. The normalized spacial score (nSPS) is 20.8. The first-order valence-electron chi connectivity index (χ1n) is 7.40. The first kappa shape index (κ1) is 14.1. The van der Waals surface area contributed by atoms with Gasteiger partial charge in [0.15, 0.2) is 0 Å². The third-order valence-corrected chi connectivity index (χ3v) is 3.72. The molecule has 1 saturated heterocycles.